The first kappa shape index (κ1) is 25.3. The molecule has 2 aromatic heterocycles. The summed E-state index contributed by atoms with van der Waals surface area (Å²) in [6, 6.07) is 17.8. The Hall–Kier alpha value is -3.96. The minimum atomic E-state index is -3.94. The number of rotatable bonds is 8. The van der Waals surface area contributed by atoms with Gasteiger partial charge >= 0.3 is 0 Å². The molecule has 1 aliphatic heterocycles. The van der Waals surface area contributed by atoms with Gasteiger partial charge in [-0.1, -0.05) is 30.7 Å². The number of nitrogens with zero attached hydrogens (tertiary/aromatic N) is 5. The molecule has 3 heterocycles. The van der Waals surface area contributed by atoms with E-state index in [-0.39, 0.29) is 16.7 Å². The molecule has 202 valence electrons. The Morgan fingerprint density at radius 2 is 1.79 bits per heavy atom. The minimum absolute atomic E-state index is 0.0276. The van der Waals surface area contributed by atoms with Gasteiger partial charge in [0.05, 0.1) is 11.9 Å². The molecule has 0 bridgehead atoms. The summed E-state index contributed by atoms with van der Waals surface area (Å²) in [7, 11) is -2.28. The van der Waals surface area contributed by atoms with E-state index in [4.69, 9.17) is 4.74 Å². The number of ether oxygens (including phenoxy) is 1. The average molecular weight is 546 g/mol. The van der Waals surface area contributed by atoms with Crippen molar-refractivity contribution in [2.75, 3.05) is 35.8 Å². The summed E-state index contributed by atoms with van der Waals surface area (Å²) in [5.74, 6) is 1.26. The molecule has 0 atom stereocenters. The van der Waals surface area contributed by atoms with Crippen molar-refractivity contribution >= 4 is 21.7 Å². The van der Waals surface area contributed by atoms with Crippen LogP contribution in [-0.4, -0.2) is 54.3 Å². The van der Waals surface area contributed by atoms with Gasteiger partial charge in [-0.05, 0) is 48.6 Å². The molecule has 2 aromatic carbocycles. The van der Waals surface area contributed by atoms with Gasteiger partial charge in [-0.25, -0.2) is 18.1 Å². The molecule has 0 radical (unpaired) electrons. The van der Waals surface area contributed by atoms with Crippen LogP contribution in [0.5, 0.6) is 11.6 Å². The van der Waals surface area contributed by atoms with Crippen LogP contribution < -0.4 is 19.7 Å². The maximum absolute atomic E-state index is 13.1. The Balaban J connectivity index is 1.34. The molecule has 11 heteroatoms. The van der Waals surface area contributed by atoms with E-state index in [9.17, 15) is 8.42 Å². The van der Waals surface area contributed by atoms with Gasteiger partial charge in [-0.2, -0.15) is 10.1 Å². The van der Waals surface area contributed by atoms with Crippen molar-refractivity contribution in [3.63, 3.8) is 0 Å². The van der Waals surface area contributed by atoms with Crippen molar-refractivity contribution in [2.45, 2.75) is 30.1 Å². The summed E-state index contributed by atoms with van der Waals surface area (Å²) in [4.78, 5) is 11.4. The highest BCUT2D eigenvalue weighted by Gasteiger charge is 2.24. The fourth-order valence-electron chi connectivity index (χ4n) is 4.95. The molecular weight excluding hydrogens is 514 g/mol. The van der Waals surface area contributed by atoms with Crippen LogP contribution in [0, 0.1) is 0 Å². The van der Waals surface area contributed by atoms with Gasteiger partial charge in [0.1, 0.15) is 10.6 Å². The Kier molecular flexibility index (Phi) is 6.92. The molecule has 2 aliphatic rings. The SMILES string of the molecule is Cn1cc(S(=O)(=O)Nc2nc(Oc3ccc(N4CCNCC4)cc3)cc(-c3ccccc3C3CCC3)n2)cn1. The van der Waals surface area contributed by atoms with E-state index in [1.165, 1.54) is 29.1 Å². The lowest BCUT2D eigenvalue weighted by molar-refractivity contribution is 0.420. The van der Waals surface area contributed by atoms with Gasteiger partial charge in [0.15, 0.2) is 0 Å². The third kappa shape index (κ3) is 5.59. The van der Waals surface area contributed by atoms with Crippen molar-refractivity contribution in [3.05, 3.63) is 72.6 Å². The second kappa shape index (κ2) is 10.7. The van der Waals surface area contributed by atoms with Crippen LogP contribution in [0.2, 0.25) is 0 Å². The molecule has 1 aliphatic carbocycles. The van der Waals surface area contributed by atoms with Gasteiger partial charge in [0.25, 0.3) is 10.0 Å². The topological polar surface area (TPSA) is 114 Å². The van der Waals surface area contributed by atoms with Crippen LogP contribution >= 0.6 is 0 Å². The predicted octanol–water partition coefficient (Wildman–Crippen LogP) is 4.15. The highest BCUT2D eigenvalue weighted by Crippen LogP contribution is 2.41. The number of anilines is 2. The summed E-state index contributed by atoms with van der Waals surface area (Å²) in [6.45, 7) is 3.83. The number of aryl methyl sites for hydroxylation is 1. The second-order valence-electron chi connectivity index (χ2n) is 9.92. The summed E-state index contributed by atoms with van der Waals surface area (Å²) in [5.41, 5.74) is 3.88. The Morgan fingerprint density at radius 3 is 2.49 bits per heavy atom. The van der Waals surface area contributed by atoms with Crippen LogP contribution in [0.15, 0.2) is 71.9 Å². The van der Waals surface area contributed by atoms with Crippen LogP contribution in [0.1, 0.15) is 30.7 Å². The summed E-state index contributed by atoms with van der Waals surface area (Å²) in [6.07, 6.45) is 6.18. The van der Waals surface area contributed by atoms with Crippen molar-refractivity contribution in [2.24, 2.45) is 7.05 Å². The van der Waals surface area contributed by atoms with Gasteiger partial charge in [0.2, 0.25) is 11.8 Å². The molecule has 10 nitrogen and oxygen atoms in total. The molecule has 6 rings (SSSR count). The Bertz CT molecular complexity index is 1560. The number of piperazine rings is 1. The quantitative estimate of drug-likeness (QED) is 0.340. The average Bonchev–Trinajstić information content (AvgIpc) is 3.36. The monoisotopic (exact) mass is 545 g/mol. The van der Waals surface area contributed by atoms with Crippen LogP contribution in [0.25, 0.3) is 11.3 Å². The van der Waals surface area contributed by atoms with Crippen LogP contribution in [0.4, 0.5) is 11.6 Å². The van der Waals surface area contributed by atoms with Gasteiger partial charge in [-0.3, -0.25) is 4.68 Å². The third-order valence-corrected chi connectivity index (χ3v) is 8.53. The zero-order chi connectivity index (χ0) is 26.8. The molecule has 1 saturated heterocycles. The van der Waals surface area contributed by atoms with E-state index in [1.807, 2.05) is 42.5 Å². The zero-order valence-corrected chi connectivity index (χ0v) is 22.6. The summed E-state index contributed by atoms with van der Waals surface area (Å²) in [5, 5.41) is 7.34. The predicted molar refractivity (Wildman–Crippen MR) is 150 cm³/mol. The molecule has 0 unspecified atom stereocenters. The Labute approximate surface area is 228 Å². The molecule has 2 N–H and O–H groups in total. The van der Waals surface area contributed by atoms with E-state index < -0.39 is 10.0 Å². The molecule has 0 amide bonds. The minimum Gasteiger partial charge on any atom is -0.439 e. The number of nitrogens with one attached hydrogen (secondary N) is 2. The van der Waals surface area contributed by atoms with E-state index >= 15 is 0 Å². The highest BCUT2D eigenvalue weighted by atomic mass is 32.2. The van der Waals surface area contributed by atoms with Crippen LogP contribution in [0.3, 0.4) is 0 Å². The van der Waals surface area contributed by atoms with Crippen molar-refractivity contribution in [1.29, 1.82) is 0 Å². The molecule has 39 heavy (non-hydrogen) atoms. The first-order valence-corrected chi connectivity index (χ1v) is 14.7. The normalized spacial score (nSPS) is 16.1. The molecular formula is C28H31N7O3S. The molecule has 1 saturated carbocycles. The molecule has 4 aromatic rings. The smallest absolute Gasteiger partial charge is 0.267 e. The zero-order valence-electron chi connectivity index (χ0n) is 21.7. The third-order valence-electron chi connectivity index (χ3n) is 7.24. The number of aromatic nitrogens is 4. The van der Waals surface area contributed by atoms with E-state index in [0.717, 1.165) is 50.3 Å². The fraction of sp³-hybridized carbons (Fsp3) is 0.321. The highest BCUT2D eigenvalue weighted by molar-refractivity contribution is 7.92. The number of benzene rings is 2. The van der Waals surface area contributed by atoms with Crippen molar-refractivity contribution in [3.8, 4) is 22.9 Å². The number of hydrogen-bond donors (Lipinski definition) is 2. The first-order valence-electron chi connectivity index (χ1n) is 13.2. The van der Waals surface area contributed by atoms with Crippen molar-refractivity contribution < 1.29 is 13.2 Å². The lowest BCUT2D eigenvalue weighted by Crippen LogP contribution is -2.43. The molecule has 2 fully saturated rings. The second-order valence-corrected chi connectivity index (χ2v) is 11.6. The Morgan fingerprint density at radius 1 is 1.03 bits per heavy atom. The summed E-state index contributed by atoms with van der Waals surface area (Å²) < 4.78 is 36.2. The van der Waals surface area contributed by atoms with Gasteiger partial charge < -0.3 is 15.0 Å². The summed E-state index contributed by atoms with van der Waals surface area (Å²) >= 11 is 0. The van der Waals surface area contributed by atoms with E-state index in [1.54, 1.807) is 13.1 Å². The lowest BCUT2D eigenvalue weighted by Gasteiger charge is -2.29. The lowest BCUT2D eigenvalue weighted by atomic mass is 9.78. The van der Waals surface area contributed by atoms with Crippen LogP contribution in [-0.2, 0) is 17.1 Å². The number of hydrogen-bond acceptors (Lipinski definition) is 8. The van der Waals surface area contributed by atoms with Crippen molar-refractivity contribution in [1.82, 2.24) is 25.1 Å². The van der Waals surface area contributed by atoms with Gasteiger partial charge in [0, 0.05) is 56.7 Å². The molecule has 0 spiro atoms. The first-order chi connectivity index (χ1) is 18.9. The van der Waals surface area contributed by atoms with E-state index in [0.29, 0.717) is 17.4 Å². The standard InChI is InChI=1S/C28H31N7O3S/c1-34-19-23(18-30-34)39(36,37)33-28-31-26(25-8-3-2-7-24(25)20-5-4-6-20)17-27(32-28)38-22-11-9-21(10-12-22)35-15-13-29-14-16-35/h2-3,7-12,17-20,29H,4-6,13-16H2,1H3,(H,31,32,33). The fourth-order valence-corrected chi connectivity index (χ4v) is 5.88. The maximum atomic E-state index is 13.1. The van der Waals surface area contributed by atoms with E-state index in [2.05, 4.69) is 36.1 Å². The largest absolute Gasteiger partial charge is 0.439 e. The van der Waals surface area contributed by atoms with Gasteiger partial charge in [-0.15, -0.1) is 0 Å². The maximum Gasteiger partial charge on any atom is 0.267 e. The number of sulfonamides is 1.